The van der Waals surface area contributed by atoms with Crippen molar-refractivity contribution in [1.82, 2.24) is 4.98 Å². The molecule has 0 atom stereocenters. The van der Waals surface area contributed by atoms with E-state index in [4.69, 9.17) is 16.7 Å². The number of rotatable bonds is 1. The monoisotopic (exact) mass is 242 g/mol. The zero-order valence-electron chi connectivity index (χ0n) is 7.51. The molecular weight excluding hydrogens is 236 g/mol. The van der Waals surface area contributed by atoms with E-state index >= 15 is 0 Å². The van der Waals surface area contributed by atoms with Crippen LogP contribution in [-0.2, 0) is 10.0 Å². The van der Waals surface area contributed by atoms with Gasteiger partial charge in [-0.05, 0) is 11.5 Å². The number of sulfonamides is 1. The van der Waals surface area contributed by atoms with Crippen LogP contribution in [0.3, 0.4) is 0 Å². The van der Waals surface area contributed by atoms with Gasteiger partial charge < -0.3 is 0 Å². The lowest BCUT2D eigenvalue weighted by molar-refractivity contribution is 0.594. The molecule has 0 amide bonds. The molecule has 0 saturated heterocycles. The molecule has 6 heteroatoms. The minimum atomic E-state index is -3.81. The van der Waals surface area contributed by atoms with Gasteiger partial charge >= 0.3 is 0 Å². The first-order chi connectivity index (χ1) is 6.98. The van der Waals surface area contributed by atoms with Gasteiger partial charge in [-0.15, -0.1) is 0 Å². The number of fused-ring (bicyclic) bond motifs is 1. The molecule has 4 nitrogen and oxygen atoms in total. The summed E-state index contributed by atoms with van der Waals surface area (Å²) >= 11 is 5.84. The summed E-state index contributed by atoms with van der Waals surface area (Å²) in [7, 11) is -3.81. The number of nitrogens with two attached hydrogens (primary N) is 1. The molecule has 0 unspecified atom stereocenters. The zero-order chi connectivity index (χ0) is 11.1. The van der Waals surface area contributed by atoms with Crippen molar-refractivity contribution in [3.8, 4) is 0 Å². The van der Waals surface area contributed by atoms with Gasteiger partial charge in [0, 0.05) is 5.39 Å². The fourth-order valence-electron chi connectivity index (χ4n) is 1.28. The van der Waals surface area contributed by atoms with Gasteiger partial charge in [-0.25, -0.2) is 18.5 Å². The van der Waals surface area contributed by atoms with Crippen LogP contribution in [0.5, 0.6) is 0 Å². The van der Waals surface area contributed by atoms with Crippen LogP contribution < -0.4 is 5.14 Å². The highest BCUT2D eigenvalue weighted by molar-refractivity contribution is 7.89. The van der Waals surface area contributed by atoms with Gasteiger partial charge in [-0.1, -0.05) is 35.9 Å². The third kappa shape index (κ3) is 1.94. The number of hydrogen-bond acceptors (Lipinski definition) is 3. The van der Waals surface area contributed by atoms with E-state index < -0.39 is 10.0 Å². The van der Waals surface area contributed by atoms with Gasteiger partial charge in [0.05, 0.1) is 0 Å². The standard InChI is InChI=1S/C9H7ClN2O2S/c10-9-7-4-2-1-3-6(7)5-8(12-9)15(11,13)14/h1-5H,(H2,11,13,14). The molecule has 0 spiro atoms. The number of primary sulfonamides is 1. The molecule has 1 aromatic carbocycles. The van der Waals surface area contributed by atoms with Crippen LogP contribution in [0.4, 0.5) is 0 Å². The molecule has 0 bridgehead atoms. The molecule has 2 rings (SSSR count). The molecule has 0 radical (unpaired) electrons. The van der Waals surface area contributed by atoms with E-state index in [1.54, 1.807) is 24.3 Å². The summed E-state index contributed by atoms with van der Waals surface area (Å²) in [4.78, 5) is 3.73. The number of nitrogens with zero attached hydrogens (tertiary/aromatic N) is 1. The minimum Gasteiger partial charge on any atom is -0.223 e. The number of hydrogen-bond donors (Lipinski definition) is 1. The Labute approximate surface area is 91.7 Å². The summed E-state index contributed by atoms with van der Waals surface area (Å²) < 4.78 is 22.2. The second-order valence-electron chi connectivity index (χ2n) is 3.02. The van der Waals surface area contributed by atoms with Gasteiger partial charge in [0.2, 0.25) is 0 Å². The lowest BCUT2D eigenvalue weighted by Crippen LogP contribution is -2.13. The van der Waals surface area contributed by atoms with Crippen molar-refractivity contribution < 1.29 is 8.42 Å². The fraction of sp³-hybridized carbons (Fsp3) is 0. The first-order valence-corrected chi connectivity index (χ1v) is 5.99. The van der Waals surface area contributed by atoms with E-state index in [0.29, 0.717) is 10.8 Å². The highest BCUT2D eigenvalue weighted by Crippen LogP contribution is 2.23. The topological polar surface area (TPSA) is 73.1 Å². The van der Waals surface area contributed by atoms with Crippen molar-refractivity contribution in [1.29, 1.82) is 0 Å². The smallest absolute Gasteiger partial charge is 0.223 e. The third-order valence-electron chi connectivity index (χ3n) is 1.96. The summed E-state index contributed by atoms with van der Waals surface area (Å²) in [5, 5.41) is 6.28. The van der Waals surface area contributed by atoms with Crippen LogP contribution in [0.15, 0.2) is 35.4 Å². The predicted molar refractivity (Wildman–Crippen MR) is 58.1 cm³/mol. The molecule has 1 heterocycles. The van der Waals surface area contributed by atoms with Gasteiger partial charge in [0.25, 0.3) is 10.0 Å². The number of pyridine rings is 1. The maximum Gasteiger partial charge on any atom is 0.255 e. The Kier molecular flexibility index (Phi) is 2.38. The zero-order valence-corrected chi connectivity index (χ0v) is 9.09. The molecular formula is C9H7ClN2O2S. The Bertz CT molecular complexity index is 625. The van der Waals surface area contributed by atoms with E-state index in [1.165, 1.54) is 6.07 Å². The van der Waals surface area contributed by atoms with E-state index in [-0.39, 0.29) is 10.2 Å². The van der Waals surface area contributed by atoms with Crippen LogP contribution in [0.1, 0.15) is 0 Å². The first-order valence-electron chi connectivity index (χ1n) is 4.06. The van der Waals surface area contributed by atoms with Crippen LogP contribution in [-0.4, -0.2) is 13.4 Å². The van der Waals surface area contributed by atoms with Gasteiger partial charge in [-0.3, -0.25) is 0 Å². The Balaban J connectivity index is 2.85. The Morgan fingerprint density at radius 2 is 1.93 bits per heavy atom. The lowest BCUT2D eigenvalue weighted by atomic mass is 10.2. The molecule has 0 aliphatic rings. The largest absolute Gasteiger partial charge is 0.255 e. The Hall–Kier alpha value is -1.17. The number of halogens is 1. The van der Waals surface area contributed by atoms with Gasteiger partial charge in [-0.2, -0.15) is 0 Å². The molecule has 15 heavy (non-hydrogen) atoms. The molecule has 0 aliphatic heterocycles. The maximum absolute atomic E-state index is 11.1. The minimum absolute atomic E-state index is 0.136. The normalized spacial score (nSPS) is 11.9. The summed E-state index contributed by atoms with van der Waals surface area (Å²) in [5.74, 6) is 0. The van der Waals surface area contributed by atoms with Crippen molar-refractivity contribution in [3.63, 3.8) is 0 Å². The molecule has 0 fully saturated rings. The third-order valence-corrected chi connectivity index (χ3v) is 3.04. The van der Waals surface area contributed by atoms with Crippen molar-refractivity contribution in [2.24, 2.45) is 5.14 Å². The number of aromatic nitrogens is 1. The fourth-order valence-corrected chi connectivity index (χ4v) is 2.10. The molecule has 1 aromatic heterocycles. The Morgan fingerprint density at radius 1 is 1.27 bits per heavy atom. The summed E-state index contributed by atoms with van der Waals surface area (Å²) in [6.45, 7) is 0. The average molecular weight is 243 g/mol. The maximum atomic E-state index is 11.1. The second kappa shape index (κ2) is 3.44. The summed E-state index contributed by atoms with van der Waals surface area (Å²) in [6.07, 6.45) is 0. The molecule has 2 N–H and O–H groups in total. The number of benzene rings is 1. The first kappa shape index (κ1) is 10.4. The summed E-state index contributed by atoms with van der Waals surface area (Å²) in [6, 6.07) is 8.49. The Morgan fingerprint density at radius 3 is 2.60 bits per heavy atom. The van der Waals surface area contributed by atoms with Gasteiger partial charge in [0.1, 0.15) is 5.15 Å². The molecule has 0 saturated carbocycles. The molecule has 2 aromatic rings. The van der Waals surface area contributed by atoms with Crippen LogP contribution >= 0.6 is 11.6 Å². The van der Waals surface area contributed by atoms with Crippen molar-refractivity contribution >= 4 is 32.4 Å². The highest BCUT2D eigenvalue weighted by atomic mass is 35.5. The van der Waals surface area contributed by atoms with Crippen molar-refractivity contribution in [3.05, 3.63) is 35.5 Å². The van der Waals surface area contributed by atoms with E-state index in [9.17, 15) is 8.42 Å². The van der Waals surface area contributed by atoms with E-state index in [2.05, 4.69) is 4.98 Å². The van der Waals surface area contributed by atoms with Crippen molar-refractivity contribution in [2.75, 3.05) is 0 Å². The quantitative estimate of drug-likeness (QED) is 0.771. The van der Waals surface area contributed by atoms with E-state index in [1.807, 2.05) is 0 Å². The highest BCUT2D eigenvalue weighted by Gasteiger charge is 2.12. The SMILES string of the molecule is NS(=O)(=O)c1cc2ccccc2c(Cl)n1. The summed E-state index contributed by atoms with van der Waals surface area (Å²) in [5.41, 5.74) is 0. The van der Waals surface area contributed by atoms with E-state index in [0.717, 1.165) is 0 Å². The van der Waals surface area contributed by atoms with Gasteiger partial charge in [0.15, 0.2) is 5.03 Å². The predicted octanol–water partition coefficient (Wildman–Crippen LogP) is 1.54. The average Bonchev–Trinajstić information content (AvgIpc) is 2.16. The van der Waals surface area contributed by atoms with Crippen LogP contribution in [0, 0.1) is 0 Å². The molecule has 0 aliphatic carbocycles. The second-order valence-corrected chi connectivity index (χ2v) is 4.88. The lowest BCUT2D eigenvalue weighted by Gasteiger charge is -2.02. The molecule has 78 valence electrons. The van der Waals surface area contributed by atoms with Crippen molar-refractivity contribution in [2.45, 2.75) is 5.03 Å². The van der Waals surface area contributed by atoms with Crippen LogP contribution in [0.2, 0.25) is 5.15 Å². The van der Waals surface area contributed by atoms with Crippen LogP contribution in [0.25, 0.3) is 10.8 Å².